The number of likely N-dealkylation sites (N-methyl/N-ethyl adjacent to an activating group) is 1. The fraction of sp³-hybridized carbons (Fsp3) is 0.429. The summed E-state index contributed by atoms with van der Waals surface area (Å²) in [5.74, 6) is 0. The van der Waals surface area contributed by atoms with Crippen molar-refractivity contribution in [2.45, 2.75) is 32.2 Å². The molecule has 0 fully saturated rings. The predicted molar refractivity (Wildman–Crippen MR) is 74.8 cm³/mol. The Hall–Kier alpha value is -0.500. The van der Waals surface area contributed by atoms with Crippen molar-refractivity contribution in [2.24, 2.45) is 0 Å². The summed E-state index contributed by atoms with van der Waals surface area (Å²) >= 11 is 12.2. The minimum Gasteiger partial charge on any atom is -0.307 e. The first kappa shape index (κ1) is 12.9. The third-order valence-electron chi connectivity index (χ3n) is 3.13. The topological polar surface area (TPSA) is 12.0 Å². The van der Waals surface area contributed by atoms with Crippen molar-refractivity contribution in [3.63, 3.8) is 0 Å². The van der Waals surface area contributed by atoms with Crippen LogP contribution in [-0.2, 0) is 0 Å². The number of benzene rings is 1. The highest BCUT2D eigenvalue weighted by molar-refractivity contribution is 6.35. The number of rotatable bonds is 4. The normalized spacial score (nSPS) is 17.0. The van der Waals surface area contributed by atoms with Gasteiger partial charge in [-0.2, -0.15) is 0 Å². The summed E-state index contributed by atoms with van der Waals surface area (Å²) < 4.78 is 0. The van der Waals surface area contributed by atoms with Crippen LogP contribution in [0.25, 0.3) is 0 Å². The van der Waals surface area contributed by atoms with E-state index in [1.54, 1.807) is 0 Å². The molecule has 0 bridgehead atoms. The van der Waals surface area contributed by atoms with Gasteiger partial charge < -0.3 is 5.32 Å². The van der Waals surface area contributed by atoms with Gasteiger partial charge in [0.15, 0.2) is 0 Å². The fourth-order valence-electron chi connectivity index (χ4n) is 2.34. The summed E-state index contributed by atoms with van der Waals surface area (Å²) in [4.78, 5) is 0. The Labute approximate surface area is 113 Å². The van der Waals surface area contributed by atoms with Crippen LogP contribution in [0.4, 0.5) is 0 Å². The molecule has 1 aliphatic rings. The van der Waals surface area contributed by atoms with Gasteiger partial charge >= 0.3 is 0 Å². The van der Waals surface area contributed by atoms with Gasteiger partial charge in [0, 0.05) is 10.0 Å². The molecule has 0 aliphatic heterocycles. The summed E-state index contributed by atoms with van der Waals surface area (Å²) in [6.45, 7) is 3.05. The molecule has 0 amide bonds. The third kappa shape index (κ3) is 3.04. The summed E-state index contributed by atoms with van der Waals surface area (Å²) in [6.07, 6.45) is 5.93. The molecule has 0 radical (unpaired) electrons. The van der Waals surface area contributed by atoms with Crippen molar-refractivity contribution >= 4 is 23.2 Å². The van der Waals surface area contributed by atoms with Crippen molar-refractivity contribution in [3.05, 3.63) is 45.5 Å². The predicted octanol–water partition coefficient (Wildman–Crippen LogP) is 4.75. The lowest BCUT2D eigenvalue weighted by atomic mass is 9.98. The largest absolute Gasteiger partial charge is 0.307 e. The van der Waals surface area contributed by atoms with Gasteiger partial charge in [0.05, 0.1) is 6.04 Å². The van der Waals surface area contributed by atoms with Crippen LogP contribution >= 0.6 is 23.2 Å². The Morgan fingerprint density at radius 3 is 2.76 bits per heavy atom. The number of hydrogen-bond donors (Lipinski definition) is 1. The van der Waals surface area contributed by atoms with Crippen LogP contribution in [0.1, 0.15) is 37.8 Å². The molecule has 1 atom stereocenters. The monoisotopic (exact) mass is 269 g/mol. The number of halogens is 2. The van der Waals surface area contributed by atoms with E-state index in [1.165, 1.54) is 18.4 Å². The highest BCUT2D eigenvalue weighted by Crippen LogP contribution is 2.35. The average Bonchev–Trinajstić information content (AvgIpc) is 2.80. The maximum Gasteiger partial charge on any atom is 0.0550 e. The lowest BCUT2D eigenvalue weighted by molar-refractivity contribution is 0.605. The van der Waals surface area contributed by atoms with Crippen LogP contribution in [0.2, 0.25) is 10.0 Å². The van der Waals surface area contributed by atoms with Crippen LogP contribution in [0.5, 0.6) is 0 Å². The second kappa shape index (κ2) is 5.90. The molecule has 1 nitrogen and oxygen atoms in total. The van der Waals surface area contributed by atoms with Crippen LogP contribution in [0, 0.1) is 0 Å². The molecule has 2 rings (SSSR count). The highest BCUT2D eigenvalue weighted by atomic mass is 35.5. The minimum absolute atomic E-state index is 0.243. The van der Waals surface area contributed by atoms with Crippen molar-refractivity contribution in [1.29, 1.82) is 0 Å². The molecule has 1 aromatic rings. The average molecular weight is 270 g/mol. The highest BCUT2D eigenvalue weighted by Gasteiger charge is 2.20. The van der Waals surface area contributed by atoms with Gasteiger partial charge in [-0.05, 0) is 43.5 Å². The first-order valence-electron chi connectivity index (χ1n) is 6.09. The Bertz CT molecular complexity index is 426. The molecular weight excluding hydrogens is 253 g/mol. The van der Waals surface area contributed by atoms with Crippen LogP contribution in [0.3, 0.4) is 0 Å². The smallest absolute Gasteiger partial charge is 0.0550 e. The van der Waals surface area contributed by atoms with E-state index in [2.05, 4.69) is 18.3 Å². The number of allylic oxidation sites excluding steroid dienone is 1. The first-order chi connectivity index (χ1) is 8.22. The number of nitrogens with one attached hydrogen (secondary N) is 1. The van der Waals surface area contributed by atoms with Crippen molar-refractivity contribution in [3.8, 4) is 0 Å². The van der Waals surface area contributed by atoms with E-state index >= 15 is 0 Å². The second-order valence-electron chi connectivity index (χ2n) is 4.33. The molecular formula is C14H17Cl2N. The Morgan fingerprint density at radius 2 is 2.18 bits per heavy atom. The molecule has 3 heteroatoms. The minimum atomic E-state index is 0.243. The standard InChI is InChI=1S/C14H17Cl2N/c1-2-17-14(10-5-3-4-6-10)12-8-7-11(15)9-13(12)16/h5,7-9,14,17H,2-4,6H2,1H3. The summed E-state index contributed by atoms with van der Waals surface area (Å²) in [5.41, 5.74) is 2.59. The Morgan fingerprint density at radius 1 is 1.35 bits per heavy atom. The molecule has 1 aliphatic carbocycles. The molecule has 0 saturated carbocycles. The van der Waals surface area contributed by atoms with E-state index in [-0.39, 0.29) is 6.04 Å². The van der Waals surface area contributed by atoms with E-state index < -0.39 is 0 Å². The van der Waals surface area contributed by atoms with Gasteiger partial charge in [0.25, 0.3) is 0 Å². The zero-order valence-corrected chi connectivity index (χ0v) is 11.5. The third-order valence-corrected chi connectivity index (χ3v) is 3.69. The quantitative estimate of drug-likeness (QED) is 0.778. The van der Waals surface area contributed by atoms with Gasteiger partial charge in [0.1, 0.15) is 0 Å². The van der Waals surface area contributed by atoms with E-state index in [4.69, 9.17) is 23.2 Å². The second-order valence-corrected chi connectivity index (χ2v) is 5.17. The lowest BCUT2D eigenvalue weighted by Crippen LogP contribution is -2.22. The summed E-state index contributed by atoms with van der Waals surface area (Å²) in [7, 11) is 0. The SMILES string of the molecule is CCNC(C1=CCCC1)c1ccc(Cl)cc1Cl. The summed E-state index contributed by atoms with van der Waals surface area (Å²) in [5, 5.41) is 4.94. The van der Waals surface area contributed by atoms with Crippen LogP contribution in [0.15, 0.2) is 29.8 Å². The molecule has 1 unspecified atom stereocenters. The van der Waals surface area contributed by atoms with Crippen LogP contribution < -0.4 is 5.32 Å². The molecule has 17 heavy (non-hydrogen) atoms. The zero-order valence-electron chi connectivity index (χ0n) is 9.97. The Balaban J connectivity index is 2.31. The van der Waals surface area contributed by atoms with Crippen molar-refractivity contribution in [1.82, 2.24) is 5.32 Å². The van der Waals surface area contributed by atoms with Gasteiger partial charge in [-0.1, -0.05) is 47.8 Å². The Kier molecular flexibility index (Phi) is 4.49. The molecule has 0 aromatic heterocycles. The molecule has 0 saturated heterocycles. The van der Waals surface area contributed by atoms with E-state index in [0.717, 1.165) is 23.6 Å². The fourth-order valence-corrected chi connectivity index (χ4v) is 2.86. The molecule has 1 N–H and O–H groups in total. The van der Waals surface area contributed by atoms with Gasteiger partial charge in [-0.3, -0.25) is 0 Å². The molecule has 92 valence electrons. The van der Waals surface area contributed by atoms with Crippen LogP contribution in [-0.4, -0.2) is 6.54 Å². The van der Waals surface area contributed by atoms with E-state index in [0.29, 0.717) is 5.02 Å². The van der Waals surface area contributed by atoms with E-state index in [9.17, 15) is 0 Å². The van der Waals surface area contributed by atoms with Gasteiger partial charge in [0.2, 0.25) is 0 Å². The lowest BCUT2D eigenvalue weighted by Gasteiger charge is -2.21. The maximum absolute atomic E-state index is 6.29. The first-order valence-corrected chi connectivity index (χ1v) is 6.85. The summed E-state index contributed by atoms with van der Waals surface area (Å²) in [6, 6.07) is 5.99. The maximum atomic E-state index is 6.29. The van der Waals surface area contributed by atoms with Gasteiger partial charge in [-0.25, -0.2) is 0 Å². The van der Waals surface area contributed by atoms with E-state index in [1.807, 2.05) is 18.2 Å². The van der Waals surface area contributed by atoms with Gasteiger partial charge in [-0.15, -0.1) is 0 Å². The molecule has 0 heterocycles. The zero-order chi connectivity index (χ0) is 12.3. The molecule has 0 spiro atoms. The van der Waals surface area contributed by atoms with Crippen molar-refractivity contribution < 1.29 is 0 Å². The van der Waals surface area contributed by atoms with Crippen molar-refractivity contribution in [2.75, 3.05) is 6.54 Å². The number of hydrogen-bond acceptors (Lipinski definition) is 1. The molecule has 1 aromatic carbocycles.